The predicted octanol–water partition coefficient (Wildman–Crippen LogP) is 3.84. The Balaban J connectivity index is 3.52. The van der Waals surface area contributed by atoms with Crippen LogP contribution in [0.5, 0.6) is 0 Å². The number of unbranched alkanes of at least 4 members (excludes halogenated alkanes) is 1. The minimum Gasteiger partial charge on any atom is -0.316 e. The molecule has 0 heterocycles. The van der Waals surface area contributed by atoms with Crippen LogP contribution in [0.2, 0.25) is 0 Å². The predicted molar refractivity (Wildman–Crippen MR) is 65.6 cm³/mol. The normalized spacial score (nSPS) is 14.4. The highest BCUT2D eigenvalue weighted by molar-refractivity contribution is 4.67. The Hall–Kier alpha value is -0.0400. The molecular formula is C13H29N. The van der Waals surface area contributed by atoms with Crippen LogP contribution in [0, 0.1) is 11.3 Å². The number of nitrogens with one attached hydrogen (secondary N) is 1. The summed E-state index contributed by atoms with van der Waals surface area (Å²) >= 11 is 0. The van der Waals surface area contributed by atoms with Gasteiger partial charge in [0.25, 0.3) is 0 Å². The average Bonchev–Trinajstić information content (AvgIpc) is 2.09. The lowest BCUT2D eigenvalue weighted by Crippen LogP contribution is -2.31. The fourth-order valence-electron chi connectivity index (χ4n) is 1.59. The minimum absolute atomic E-state index is 0.420. The van der Waals surface area contributed by atoms with Gasteiger partial charge in [-0.1, -0.05) is 53.9 Å². The van der Waals surface area contributed by atoms with E-state index < -0.39 is 0 Å². The first-order chi connectivity index (χ1) is 6.49. The molecule has 1 N–H and O–H groups in total. The van der Waals surface area contributed by atoms with Crippen LogP contribution in [0.25, 0.3) is 0 Å². The van der Waals surface area contributed by atoms with Crippen LogP contribution >= 0.6 is 0 Å². The zero-order chi connectivity index (χ0) is 11.0. The highest BCUT2D eigenvalue weighted by atomic mass is 14.9. The molecular weight excluding hydrogens is 170 g/mol. The molecule has 1 atom stereocenters. The van der Waals surface area contributed by atoms with Crippen molar-refractivity contribution in [1.82, 2.24) is 5.32 Å². The topological polar surface area (TPSA) is 12.0 Å². The lowest BCUT2D eigenvalue weighted by molar-refractivity contribution is 0.344. The first kappa shape index (κ1) is 14.0. The van der Waals surface area contributed by atoms with Crippen molar-refractivity contribution < 1.29 is 0 Å². The molecule has 0 aliphatic carbocycles. The van der Waals surface area contributed by atoms with Crippen molar-refractivity contribution in [3.8, 4) is 0 Å². The molecule has 0 saturated heterocycles. The second-order valence-electron chi connectivity index (χ2n) is 5.61. The highest BCUT2D eigenvalue weighted by Gasteiger charge is 2.11. The molecule has 0 saturated carbocycles. The summed E-state index contributed by atoms with van der Waals surface area (Å²) in [6, 6.07) is 0. The van der Waals surface area contributed by atoms with Crippen molar-refractivity contribution in [3.05, 3.63) is 0 Å². The molecule has 0 aliphatic rings. The van der Waals surface area contributed by atoms with Gasteiger partial charge in [0.1, 0.15) is 0 Å². The van der Waals surface area contributed by atoms with Gasteiger partial charge in [0, 0.05) is 0 Å². The maximum absolute atomic E-state index is 3.59. The van der Waals surface area contributed by atoms with Gasteiger partial charge in [-0.25, -0.2) is 0 Å². The monoisotopic (exact) mass is 199 g/mol. The number of rotatable bonds is 7. The van der Waals surface area contributed by atoms with Crippen LogP contribution in [0.4, 0.5) is 0 Å². The molecule has 1 heteroatoms. The Morgan fingerprint density at radius 3 is 2.21 bits per heavy atom. The summed E-state index contributed by atoms with van der Waals surface area (Å²) in [7, 11) is 0. The Kier molecular flexibility index (Phi) is 7.26. The smallest absolute Gasteiger partial charge is 0.000000947 e. The summed E-state index contributed by atoms with van der Waals surface area (Å²) in [6.07, 6.45) is 5.42. The van der Waals surface area contributed by atoms with Crippen molar-refractivity contribution >= 4 is 0 Å². The van der Waals surface area contributed by atoms with E-state index in [1.165, 1.54) is 32.2 Å². The van der Waals surface area contributed by atoms with E-state index >= 15 is 0 Å². The van der Waals surface area contributed by atoms with Crippen LogP contribution < -0.4 is 5.32 Å². The fraction of sp³-hybridized carbons (Fsp3) is 1.00. The first-order valence-electron chi connectivity index (χ1n) is 6.20. The van der Waals surface area contributed by atoms with E-state index in [4.69, 9.17) is 0 Å². The highest BCUT2D eigenvalue weighted by Crippen LogP contribution is 2.13. The third-order valence-corrected chi connectivity index (χ3v) is 2.63. The Morgan fingerprint density at radius 1 is 1.14 bits per heavy atom. The Bertz CT molecular complexity index is 124. The van der Waals surface area contributed by atoms with Crippen molar-refractivity contribution in [2.75, 3.05) is 13.1 Å². The maximum atomic E-state index is 3.59. The lowest BCUT2D eigenvalue weighted by Gasteiger charge is -2.21. The molecule has 0 radical (unpaired) electrons. The molecule has 1 unspecified atom stereocenters. The molecule has 14 heavy (non-hydrogen) atoms. The third-order valence-electron chi connectivity index (χ3n) is 2.63. The van der Waals surface area contributed by atoms with E-state index in [1.54, 1.807) is 0 Å². The van der Waals surface area contributed by atoms with Gasteiger partial charge in [0.15, 0.2) is 0 Å². The van der Waals surface area contributed by atoms with Gasteiger partial charge in [-0.2, -0.15) is 0 Å². The van der Waals surface area contributed by atoms with Gasteiger partial charge in [-0.15, -0.1) is 0 Å². The Labute approximate surface area is 90.7 Å². The first-order valence-corrected chi connectivity index (χ1v) is 6.20. The summed E-state index contributed by atoms with van der Waals surface area (Å²) in [5, 5.41) is 3.59. The number of hydrogen-bond donors (Lipinski definition) is 1. The van der Waals surface area contributed by atoms with Crippen LogP contribution in [0.1, 0.15) is 60.3 Å². The molecule has 0 bridgehead atoms. The standard InChI is InChI=1S/C13H29N/c1-6-8-9-12(7-2)10-14-11-13(3,4)5/h12,14H,6-11H2,1-5H3. The summed E-state index contributed by atoms with van der Waals surface area (Å²) in [5.74, 6) is 0.886. The quantitative estimate of drug-likeness (QED) is 0.657. The van der Waals surface area contributed by atoms with Gasteiger partial charge in [0.05, 0.1) is 0 Å². The van der Waals surface area contributed by atoms with Crippen LogP contribution in [-0.2, 0) is 0 Å². The summed E-state index contributed by atoms with van der Waals surface area (Å²) in [4.78, 5) is 0. The van der Waals surface area contributed by atoms with Gasteiger partial charge >= 0.3 is 0 Å². The second-order valence-corrected chi connectivity index (χ2v) is 5.61. The van der Waals surface area contributed by atoms with E-state index in [2.05, 4.69) is 39.9 Å². The summed E-state index contributed by atoms with van der Waals surface area (Å²) in [5.41, 5.74) is 0.420. The van der Waals surface area contributed by atoms with Crippen LogP contribution in [0.15, 0.2) is 0 Å². The molecule has 0 aromatic heterocycles. The van der Waals surface area contributed by atoms with Crippen LogP contribution in [0.3, 0.4) is 0 Å². The van der Waals surface area contributed by atoms with E-state index in [-0.39, 0.29) is 0 Å². The zero-order valence-electron chi connectivity index (χ0n) is 10.8. The minimum atomic E-state index is 0.420. The Morgan fingerprint density at radius 2 is 1.79 bits per heavy atom. The van der Waals surface area contributed by atoms with Crippen molar-refractivity contribution in [3.63, 3.8) is 0 Å². The summed E-state index contributed by atoms with van der Waals surface area (Å²) in [6.45, 7) is 13.8. The molecule has 0 aromatic rings. The lowest BCUT2D eigenvalue weighted by atomic mass is 9.95. The van der Waals surface area contributed by atoms with E-state index in [0.29, 0.717) is 5.41 Å². The van der Waals surface area contributed by atoms with E-state index in [0.717, 1.165) is 12.5 Å². The molecule has 0 amide bonds. The van der Waals surface area contributed by atoms with Gasteiger partial charge in [-0.05, 0) is 30.8 Å². The summed E-state index contributed by atoms with van der Waals surface area (Å²) < 4.78 is 0. The molecule has 0 aliphatic heterocycles. The second kappa shape index (κ2) is 7.28. The molecule has 86 valence electrons. The average molecular weight is 199 g/mol. The van der Waals surface area contributed by atoms with Crippen molar-refractivity contribution in [2.45, 2.75) is 60.3 Å². The third kappa shape index (κ3) is 8.55. The van der Waals surface area contributed by atoms with Gasteiger partial charge in [0.2, 0.25) is 0 Å². The largest absolute Gasteiger partial charge is 0.316 e. The fourth-order valence-corrected chi connectivity index (χ4v) is 1.59. The molecule has 0 rings (SSSR count). The molecule has 0 aromatic carbocycles. The number of hydrogen-bond acceptors (Lipinski definition) is 1. The van der Waals surface area contributed by atoms with Crippen molar-refractivity contribution in [2.24, 2.45) is 11.3 Å². The molecule has 1 nitrogen and oxygen atoms in total. The molecule has 0 fully saturated rings. The van der Waals surface area contributed by atoms with Crippen LogP contribution in [-0.4, -0.2) is 13.1 Å². The van der Waals surface area contributed by atoms with Gasteiger partial charge in [-0.3, -0.25) is 0 Å². The SMILES string of the molecule is CCCCC(CC)CNCC(C)(C)C. The maximum Gasteiger partial charge on any atom is -0.000000947 e. The zero-order valence-corrected chi connectivity index (χ0v) is 10.8. The van der Waals surface area contributed by atoms with Crippen molar-refractivity contribution in [1.29, 1.82) is 0 Å². The van der Waals surface area contributed by atoms with E-state index in [9.17, 15) is 0 Å². The molecule has 0 spiro atoms. The van der Waals surface area contributed by atoms with Gasteiger partial charge < -0.3 is 5.32 Å². The van der Waals surface area contributed by atoms with E-state index in [1.807, 2.05) is 0 Å².